The average molecular weight is 270 g/mol. The Balaban J connectivity index is 1.81. The van der Waals surface area contributed by atoms with E-state index >= 15 is 0 Å². The minimum absolute atomic E-state index is 0.119. The second kappa shape index (κ2) is 4.61. The number of rotatable bonds is 1. The van der Waals surface area contributed by atoms with Crippen LogP contribution in [0.25, 0.3) is 10.9 Å². The summed E-state index contributed by atoms with van der Waals surface area (Å²) in [5.41, 5.74) is 11.8. The van der Waals surface area contributed by atoms with Crippen molar-refractivity contribution in [1.82, 2.24) is 4.98 Å². The van der Waals surface area contributed by atoms with Crippen LogP contribution in [0, 0.1) is 0 Å². The lowest BCUT2D eigenvalue weighted by molar-refractivity contribution is 0.111. The van der Waals surface area contributed by atoms with Gasteiger partial charge in [-0.1, -0.05) is 25.3 Å². The zero-order valence-electron chi connectivity index (χ0n) is 11.9. The third-order valence-electron chi connectivity index (χ3n) is 5.06. The molecule has 106 valence electrons. The maximum atomic E-state index is 6.67. The molecule has 3 N–H and O–H groups in total. The highest BCUT2D eigenvalue weighted by Crippen LogP contribution is 2.37. The number of hydrogen-bond donors (Lipinski definition) is 2. The first-order chi connectivity index (χ1) is 9.76. The molecule has 1 aromatic carbocycles. The maximum absolute atomic E-state index is 6.67. The second-order valence-electron chi connectivity index (χ2n) is 6.36. The maximum Gasteiger partial charge on any atom is 0.0740 e. The van der Waals surface area contributed by atoms with Gasteiger partial charge in [0, 0.05) is 34.1 Å². The molecule has 1 saturated carbocycles. The van der Waals surface area contributed by atoms with Crippen LogP contribution in [-0.2, 0) is 23.3 Å². The van der Waals surface area contributed by atoms with Gasteiger partial charge in [-0.15, -0.1) is 0 Å². The van der Waals surface area contributed by atoms with E-state index in [1.54, 1.807) is 0 Å². The number of H-pyrrole nitrogens is 1. The van der Waals surface area contributed by atoms with E-state index in [1.807, 2.05) is 0 Å². The highest BCUT2D eigenvalue weighted by Gasteiger charge is 2.30. The SMILES string of the molecule is NC1(c2ccc3[nH]c4c(c3c2)COCC4)CCCCC1. The first-order valence-corrected chi connectivity index (χ1v) is 7.77. The molecule has 3 heteroatoms. The number of ether oxygens (including phenoxy) is 1. The van der Waals surface area contributed by atoms with Gasteiger partial charge in [-0.3, -0.25) is 0 Å². The Morgan fingerprint density at radius 1 is 1.15 bits per heavy atom. The molecule has 1 aromatic heterocycles. The van der Waals surface area contributed by atoms with Gasteiger partial charge in [0.2, 0.25) is 0 Å². The Morgan fingerprint density at radius 3 is 2.85 bits per heavy atom. The number of nitrogens with two attached hydrogens (primary N) is 1. The largest absolute Gasteiger partial charge is 0.376 e. The van der Waals surface area contributed by atoms with Crippen LogP contribution in [0.3, 0.4) is 0 Å². The molecule has 1 aliphatic heterocycles. The molecule has 2 heterocycles. The predicted octanol–water partition coefficient (Wildman–Crippen LogP) is 3.36. The van der Waals surface area contributed by atoms with Crippen molar-refractivity contribution in [2.45, 2.75) is 50.7 Å². The molecule has 0 amide bonds. The quantitative estimate of drug-likeness (QED) is 0.835. The summed E-state index contributed by atoms with van der Waals surface area (Å²) in [6.45, 7) is 1.56. The third-order valence-corrected chi connectivity index (χ3v) is 5.06. The third kappa shape index (κ3) is 1.88. The van der Waals surface area contributed by atoms with Crippen molar-refractivity contribution in [3.8, 4) is 0 Å². The number of benzene rings is 1. The minimum Gasteiger partial charge on any atom is -0.376 e. The van der Waals surface area contributed by atoms with Crippen molar-refractivity contribution in [2.75, 3.05) is 6.61 Å². The van der Waals surface area contributed by atoms with Crippen molar-refractivity contribution >= 4 is 10.9 Å². The molecular weight excluding hydrogens is 248 g/mol. The van der Waals surface area contributed by atoms with Gasteiger partial charge in [0.05, 0.1) is 13.2 Å². The van der Waals surface area contributed by atoms with Gasteiger partial charge in [-0.05, 0) is 30.5 Å². The lowest BCUT2D eigenvalue weighted by Gasteiger charge is -2.34. The fourth-order valence-electron chi connectivity index (χ4n) is 3.81. The fraction of sp³-hybridized carbons (Fsp3) is 0.529. The Bertz CT molecular complexity index is 638. The van der Waals surface area contributed by atoms with Gasteiger partial charge >= 0.3 is 0 Å². The van der Waals surface area contributed by atoms with E-state index in [-0.39, 0.29) is 5.54 Å². The van der Waals surface area contributed by atoms with Crippen LogP contribution >= 0.6 is 0 Å². The summed E-state index contributed by atoms with van der Waals surface area (Å²) >= 11 is 0. The average Bonchev–Trinajstić information content (AvgIpc) is 2.86. The van der Waals surface area contributed by atoms with E-state index < -0.39 is 0 Å². The number of fused-ring (bicyclic) bond motifs is 3. The molecule has 0 bridgehead atoms. The summed E-state index contributed by atoms with van der Waals surface area (Å²) in [6, 6.07) is 6.73. The molecule has 0 unspecified atom stereocenters. The summed E-state index contributed by atoms with van der Waals surface area (Å²) in [5.74, 6) is 0. The van der Waals surface area contributed by atoms with Crippen molar-refractivity contribution in [2.24, 2.45) is 5.73 Å². The van der Waals surface area contributed by atoms with Crippen LogP contribution < -0.4 is 5.73 Å². The van der Waals surface area contributed by atoms with Crippen LogP contribution in [-0.4, -0.2) is 11.6 Å². The van der Waals surface area contributed by atoms with Gasteiger partial charge < -0.3 is 15.5 Å². The zero-order valence-corrected chi connectivity index (χ0v) is 11.9. The zero-order chi connectivity index (χ0) is 13.6. The summed E-state index contributed by atoms with van der Waals surface area (Å²) in [5, 5.41) is 1.31. The molecule has 1 fully saturated rings. The van der Waals surface area contributed by atoms with Crippen LogP contribution in [0.2, 0.25) is 0 Å². The summed E-state index contributed by atoms with van der Waals surface area (Å²) in [4.78, 5) is 3.54. The fourth-order valence-corrected chi connectivity index (χ4v) is 3.81. The highest BCUT2D eigenvalue weighted by atomic mass is 16.5. The second-order valence-corrected chi connectivity index (χ2v) is 6.36. The van der Waals surface area contributed by atoms with Gasteiger partial charge in [0.15, 0.2) is 0 Å². The molecule has 1 aliphatic carbocycles. The Kier molecular flexibility index (Phi) is 2.86. The standard InChI is InChI=1S/C17H22N2O/c18-17(7-2-1-3-8-17)12-4-5-15-13(10-12)14-11-20-9-6-16(14)19-15/h4-5,10,19H,1-3,6-9,11,18H2. The molecule has 2 aliphatic rings. The molecule has 0 radical (unpaired) electrons. The smallest absolute Gasteiger partial charge is 0.0740 e. The van der Waals surface area contributed by atoms with Crippen molar-refractivity contribution < 1.29 is 4.74 Å². The number of aromatic nitrogens is 1. The monoisotopic (exact) mass is 270 g/mol. The lowest BCUT2D eigenvalue weighted by Crippen LogP contribution is -2.38. The molecule has 0 saturated heterocycles. The van der Waals surface area contributed by atoms with Gasteiger partial charge in [0.1, 0.15) is 0 Å². The highest BCUT2D eigenvalue weighted by molar-refractivity contribution is 5.85. The molecule has 2 aromatic rings. The molecule has 20 heavy (non-hydrogen) atoms. The number of aromatic amines is 1. The van der Waals surface area contributed by atoms with Gasteiger partial charge in [-0.2, -0.15) is 0 Å². The number of nitrogens with one attached hydrogen (secondary N) is 1. The molecule has 0 atom stereocenters. The van der Waals surface area contributed by atoms with Crippen LogP contribution in [0.15, 0.2) is 18.2 Å². The van der Waals surface area contributed by atoms with E-state index in [4.69, 9.17) is 10.5 Å². The Hall–Kier alpha value is -1.32. The minimum atomic E-state index is -0.119. The van der Waals surface area contributed by atoms with E-state index in [9.17, 15) is 0 Å². The Morgan fingerprint density at radius 2 is 2.00 bits per heavy atom. The number of hydrogen-bond acceptors (Lipinski definition) is 2. The molecular formula is C17H22N2O. The van der Waals surface area contributed by atoms with Crippen LogP contribution in [0.1, 0.15) is 48.9 Å². The summed E-state index contributed by atoms with van der Waals surface area (Å²) < 4.78 is 5.62. The lowest BCUT2D eigenvalue weighted by atomic mass is 9.77. The van der Waals surface area contributed by atoms with E-state index in [0.717, 1.165) is 32.5 Å². The normalized spacial score (nSPS) is 21.9. The van der Waals surface area contributed by atoms with E-state index in [0.29, 0.717) is 0 Å². The Labute approximate surface area is 119 Å². The van der Waals surface area contributed by atoms with E-state index in [2.05, 4.69) is 23.2 Å². The van der Waals surface area contributed by atoms with Gasteiger partial charge in [0.25, 0.3) is 0 Å². The first-order valence-electron chi connectivity index (χ1n) is 7.77. The van der Waals surface area contributed by atoms with Crippen molar-refractivity contribution in [3.63, 3.8) is 0 Å². The van der Waals surface area contributed by atoms with Crippen molar-refractivity contribution in [3.05, 3.63) is 35.0 Å². The summed E-state index contributed by atoms with van der Waals surface area (Å²) in [6.07, 6.45) is 7.05. The van der Waals surface area contributed by atoms with Crippen LogP contribution in [0.5, 0.6) is 0 Å². The van der Waals surface area contributed by atoms with Gasteiger partial charge in [-0.25, -0.2) is 0 Å². The topological polar surface area (TPSA) is 51.0 Å². The molecule has 3 nitrogen and oxygen atoms in total. The molecule has 4 rings (SSSR count). The predicted molar refractivity (Wildman–Crippen MR) is 80.6 cm³/mol. The van der Waals surface area contributed by atoms with Crippen LogP contribution in [0.4, 0.5) is 0 Å². The van der Waals surface area contributed by atoms with Crippen molar-refractivity contribution in [1.29, 1.82) is 0 Å². The van der Waals surface area contributed by atoms with E-state index in [1.165, 1.54) is 47.0 Å². The first kappa shape index (κ1) is 12.4. The molecule has 0 spiro atoms. The summed E-state index contributed by atoms with van der Waals surface area (Å²) in [7, 11) is 0.